The van der Waals surface area contributed by atoms with Crippen LogP contribution >= 0.6 is 10.2 Å². The molecule has 0 amide bonds. The van der Waals surface area contributed by atoms with E-state index in [1.807, 2.05) is 6.08 Å². The van der Waals surface area contributed by atoms with Gasteiger partial charge >= 0.3 is 10.2 Å². The Morgan fingerprint density at radius 3 is 1.96 bits per heavy atom. The normalized spacial score (nSPS) is 20.8. The zero-order chi connectivity index (χ0) is 19.1. The van der Waals surface area contributed by atoms with Gasteiger partial charge in [0.15, 0.2) is 0 Å². The Kier molecular flexibility index (Phi) is 4.26. The van der Waals surface area contributed by atoms with E-state index in [9.17, 15) is 19.4 Å². The van der Waals surface area contributed by atoms with Gasteiger partial charge in [-0.1, -0.05) is 68.8 Å². The van der Waals surface area contributed by atoms with Gasteiger partial charge < -0.3 is 0 Å². The van der Waals surface area contributed by atoms with E-state index in [1.165, 1.54) is 11.1 Å². The molecule has 1 aliphatic carbocycles. The maximum atomic E-state index is 12.8. The van der Waals surface area contributed by atoms with Crippen molar-refractivity contribution in [2.75, 3.05) is 0 Å². The maximum Gasteiger partial charge on any atom is 0.310 e. The predicted molar refractivity (Wildman–Crippen MR) is 98.2 cm³/mol. The molecule has 26 heavy (non-hydrogen) atoms. The van der Waals surface area contributed by atoms with E-state index in [0.29, 0.717) is 23.6 Å². The SMILES string of the molecule is CCc1ccc(C2CC=C(c3ccc(S(F)(F)(F)(F)F)cc3)CC2)cc1. The molecule has 0 N–H and O–H groups in total. The molecule has 0 aromatic heterocycles. The third-order valence-electron chi connectivity index (χ3n) is 4.94. The van der Waals surface area contributed by atoms with Crippen molar-refractivity contribution in [1.29, 1.82) is 0 Å². The molecule has 2 aromatic carbocycles. The van der Waals surface area contributed by atoms with Crippen LogP contribution in [-0.4, -0.2) is 0 Å². The highest BCUT2D eigenvalue weighted by atomic mass is 32.5. The summed E-state index contributed by atoms with van der Waals surface area (Å²) in [6.45, 7) is 2.10. The molecular weight excluding hydrogens is 367 g/mol. The van der Waals surface area contributed by atoms with Crippen molar-refractivity contribution in [2.45, 2.75) is 43.4 Å². The second kappa shape index (κ2) is 5.84. The molecule has 142 valence electrons. The van der Waals surface area contributed by atoms with Gasteiger partial charge in [0.05, 0.1) is 0 Å². The van der Waals surface area contributed by atoms with Crippen molar-refractivity contribution < 1.29 is 19.4 Å². The summed E-state index contributed by atoms with van der Waals surface area (Å²) in [5.74, 6) is 0.383. The fourth-order valence-electron chi connectivity index (χ4n) is 3.35. The second-order valence-corrected chi connectivity index (χ2v) is 9.20. The minimum absolute atomic E-state index is 0.383. The smallest absolute Gasteiger partial charge is 0.0936 e. The lowest BCUT2D eigenvalue weighted by Gasteiger charge is -2.40. The molecule has 3 rings (SSSR count). The van der Waals surface area contributed by atoms with E-state index >= 15 is 0 Å². The minimum atomic E-state index is -9.60. The lowest BCUT2D eigenvalue weighted by molar-refractivity contribution is 0.364. The van der Waals surface area contributed by atoms with Gasteiger partial charge in [0.25, 0.3) is 0 Å². The summed E-state index contributed by atoms with van der Waals surface area (Å²) in [6.07, 6.45) is 5.40. The van der Waals surface area contributed by atoms with Crippen LogP contribution in [-0.2, 0) is 6.42 Å². The van der Waals surface area contributed by atoms with Gasteiger partial charge in [-0.2, -0.15) is 0 Å². The monoisotopic (exact) mass is 388 g/mol. The highest BCUT2D eigenvalue weighted by molar-refractivity contribution is 8.45. The molecule has 0 fully saturated rings. The molecule has 1 unspecified atom stereocenters. The average Bonchev–Trinajstić information content (AvgIpc) is 2.60. The van der Waals surface area contributed by atoms with E-state index in [2.05, 4.69) is 31.2 Å². The van der Waals surface area contributed by atoms with Crippen LogP contribution in [0.15, 0.2) is 59.5 Å². The molecule has 0 spiro atoms. The number of halogens is 5. The molecule has 6 heteroatoms. The highest BCUT2D eigenvalue weighted by Gasteiger charge is 2.65. The quantitative estimate of drug-likeness (QED) is 0.463. The van der Waals surface area contributed by atoms with E-state index in [-0.39, 0.29) is 0 Å². The first-order valence-electron chi connectivity index (χ1n) is 8.58. The van der Waals surface area contributed by atoms with Crippen LogP contribution in [0.3, 0.4) is 0 Å². The number of benzene rings is 2. The fraction of sp³-hybridized carbons (Fsp3) is 0.300. The molecular formula is C20H21F5S. The standard InChI is InChI=1S/C20H21F5S/c1-2-15-3-5-16(6-4-15)17-7-9-18(10-8-17)19-11-13-20(14-12-19)26(21,22,23,24)25/h3-6,9,11-14,17H,2,7-8,10H2,1H3. The van der Waals surface area contributed by atoms with Crippen LogP contribution in [0.1, 0.15) is 48.8 Å². The van der Waals surface area contributed by atoms with E-state index in [4.69, 9.17) is 0 Å². The summed E-state index contributed by atoms with van der Waals surface area (Å²) in [7, 11) is -9.60. The van der Waals surface area contributed by atoms with E-state index < -0.39 is 15.1 Å². The zero-order valence-electron chi connectivity index (χ0n) is 14.4. The molecule has 1 atom stereocenters. The highest BCUT2D eigenvalue weighted by Crippen LogP contribution is 3.02. The van der Waals surface area contributed by atoms with Crippen molar-refractivity contribution in [3.63, 3.8) is 0 Å². The summed E-state index contributed by atoms with van der Waals surface area (Å²) in [5.41, 5.74) is 4.04. The Balaban J connectivity index is 1.75. The number of aryl methyl sites for hydroxylation is 1. The summed E-state index contributed by atoms with van der Waals surface area (Å²) in [4.78, 5) is -1.83. The number of hydrogen-bond donors (Lipinski definition) is 0. The zero-order valence-corrected chi connectivity index (χ0v) is 15.2. The van der Waals surface area contributed by atoms with Gasteiger partial charge in [0.1, 0.15) is 4.90 Å². The predicted octanol–water partition coefficient (Wildman–Crippen LogP) is 8.26. The van der Waals surface area contributed by atoms with Crippen molar-refractivity contribution in [3.05, 3.63) is 71.3 Å². The first-order chi connectivity index (χ1) is 12.0. The van der Waals surface area contributed by atoms with Gasteiger partial charge in [-0.05, 0) is 66.0 Å². The van der Waals surface area contributed by atoms with Crippen LogP contribution < -0.4 is 0 Å². The maximum absolute atomic E-state index is 12.8. The third kappa shape index (κ3) is 4.29. The number of allylic oxidation sites excluding steroid dienone is 2. The van der Waals surface area contributed by atoms with Crippen LogP contribution in [0, 0.1) is 0 Å². The van der Waals surface area contributed by atoms with Crippen LogP contribution in [0.2, 0.25) is 0 Å². The van der Waals surface area contributed by atoms with Gasteiger partial charge in [0, 0.05) is 0 Å². The first kappa shape index (κ1) is 19.0. The molecule has 0 radical (unpaired) electrons. The topological polar surface area (TPSA) is 0 Å². The molecule has 0 nitrogen and oxygen atoms in total. The Morgan fingerprint density at radius 2 is 1.50 bits per heavy atom. The Hall–Kier alpha value is -1.82. The fourth-order valence-corrected chi connectivity index (χ4v) is 4.00. The van der Waals surface area contributed by atoms with Crippen LogP contribution in [0.25, 0.3) is 5.57 Å². The second-order valence-electron chi connectivity index (χ2n) is 6.79. The van der Waals surface area contributed by atoms with Crippen LogP contribution in [0.4, 0.5) is 19.4 Å². The Labute approximate surface area is 150 Å². The molecule has 1 aliphatic rings. The van der Waals surface area contributed by atoms with Crippen LogP contribution in [0.5, 0.6) is 0 Å². The van der Waals surface area contributed by atoms with Gasteiger partial charge in [-0.15, -0.1) is 0 Å². The Morgan fingerprint density at radius 1 is 0.885 bits per heavy atom. The third-order valence-corrected chi connectivity index (χ3v) is 6.10. The number of hydrogen-bond acceptors (Lipinski definition) is 0. The van der Waals surface area contributed by atoms with Gasteiger partial charge in [-0.3, -0.25) is 0 Å². The molecule has 2 aromatic rings. The van der Waals surface area contributed by atoms with Crippen molar-refractivity contribution >= 4 is 15.8 Å². The summed E-state index contributed by atoms with van der Waals surface area (Å²) in [6, 6.07) is 11.8. The molecule has 0 bridgehead atoms. The lowest BCUT2D eigenvalue weighted by Crippen LogP contribution is -2.07. The van der Waals surface area contributed by atoms with Gasteiger partial charge in [0.2, 0.25) is 0 Å². The lowest BCUT2D eigenvalue weighted by atomic mass is 9.82. The van der Waals surface area contributed by atoms with Gasteiger partial charge in [-0.25, -0.2) is 0 Å². The largest absolute Gasteiger partial charge is 0.310 e. The molecule has 0 aliphatic heterocycles. The molecule has 0 saturated heterocycles. The number of rotatable bonds is 4. The van der Waals surface area contributed by atoms with Crippen molar-refractivity contribution in [1.82, 2.24) is 0 Å². The summed E-state index contributed by atoms with van der Waals surface area (Å²) in [5, 5.41) is 0. The summed E-state index contributed by atoms with van der Waals surface area (Å²) >= 11 is 0. The molecule has 0 saturated carbocycles. The van der Waals surface area contributed by atoms with E-state index in [0.717, 1.165) is 43.4 Å². The summed E-state index contributed by atoms with van der Waals surface area (Å²) < 4.78 is 64.0. The minimum Gasteiger partial charge on any atom is -0.0936 e. The average molecular weight is 388 g/mol. The van der Waals surface area contributed by atoms with E-state index in [1.54, 1.807) is 0 Å². The Bertz CT molecular complexity index is 818. The van der Waals surface area contributed by atoms with Crippen molar-refractivity contribution in [2.24, 2.45) is 0 Å². The first-order valence-corrected chi connectivity index (χ1v) is 10.5. The van der Waals surface area contributed by atoms with Crippen molar-refractivity contribution in [3.8, 4) is 0 Å². The molecule has 0 heterocycles.